The number of rotatable bonds is 9. The van der Waals surface area contributed by atoms with E-state index in [1.807, 2.05) is 54.8 Å². The van der Waals surface area contributed by atoms with E-state index in [0.717, 1.165) is 16.5 Å². The molecule has 0 unspecified atom stereocenters. The minimum Gasteiger partial charge on any atom is -0.332 e. The molecule has 9 heteroatoms. The highest BCUT2D eigenvalue weighted by Gasteiger charge is 2.34. The summed E-state index contributed by atoms with van der Waals surface area (Å²) in [7, 11) is 0. The SMILES string of the molecule is CCCN(CC(=O)N(Cc1ccccc1)Cc1cccs1)C(=O)Nc1ccccc1C(F)(F)F. The van der Waals surface area contributed by atoms with Crippen molar-refractivity contribution in [2.24, 2.45) is 0 Å². The number of hydrogen-bond acceptors (Lipinski definition) is 3. The van der Waals surface area contributed by atoms with Gasteiger partial charge in [0.05, 0.1) is 17.8 Å². The van der Waals surface area contributed by atoms with Gasteiger partial charge in [0, 0.05) is 18.0 Å². The summed E-state index contributed by atoms with van der Waals surface area (Å²) in [6, 6.07) is 17.4. The van der Waals surface area contributed by atoms with Gasteiger partial charge in [-0.3, -0.25) is 4.79 Å². The Balaban J connectivity index is 1.76. The maximum absolute atomic E-state index is 13.3. The van der Waals surface area contributed by atoms with Crippen LogP contribution >= 0.6 is 11.3 Å². The zero-order valence-electron chi connectivity index (χ0n) is 18.7. The van der Waals surface area contributed by atoms with Crippen molar-refractivity contribution in [3.8, 4) is 0 Å². The molecular weight excluding hydrogens is 463 g/mol. The second-order valence-corrected chi connectivity index (χ2v) is 8.74. The van der Waals surface area contributed by atoms with Crippen molar-refractivity contribution in [1.29, 1.82) is 0 Å². The highest BCUT2D eigenvalue weighted by atomic mass is 32.1. The Hall–Kier alpha value is -3.33. The first-order valence-electron chi connectivity index (χ1n) is 10.8. The Kier molecular flexibility index (Phi) is 8.70. The molecule has 0 atom stereocenters. The molecule has 3 aromatic rings. The van der Waals surface area contributed by atoms with E-state index >= 15 is 0 Å². The van der Waals surface area contributed by atoms with Crippen LogP contribution in [0.1, 0.15) is 29.3 Å². The van der Waals surface area contributed by atoms with Crippen molar-refractivity contribution < 1.29 is 22.8 Å². The molecule has 0 fully saturated rings. The van der Waals surface area contributed by atoms with E-state index in [4.69, 9.17) is 0 Å². The maximum Gasteiger partial charge on any atom is 0.418 e. The first kappa shape index (κ1) is 25.3. The fourth-order valence-electron chi connectivity index (χ4n) is 3.45. The van der Waals surface area contributed by atoms with Gasteiger partial charge in [-0.05, 0) is 35.6 Å². The van der Waals surface area contributed by atoms with Crippen molar-refractivity contribution in [3.05, 3.63) is 88.1 Å². The first-order valence-corrected chi connectivity index (χ1v) is 11.7. The van der Waals surface area contributed by atoms with Gasteiger partial charge in [0.1, 0.15) is 6.54 Å². The van der Waals surface area contributed by atoms with Gasteiger partial charge < -0.3 is 15.1 Å². The normalized spacial score (nSPS) is 11.2. The van der Waals surface area contributed by atoms with Crippen LogP contribution in [0.2, 0.25) is 0 Å². The van der Waals surface area contributed by atoms with E-state index in [1.165, 1.54) is 34.4 Å². The predicted molar refractivity (Wildman–Crippen MR) is 127 cm³/mol. The summed E-state index contributed by atoms with van der Waals surface area (Å²) < 4.78 is 40.0. The highest BCUT2D eigenvalue weighted by Crippen LogP contribution is 2.34. The predicted octanol–water partition coefficient (Wildman–Crippen LogP) is 6.24. The third-order valence-electron chi connectivity index (χ3n) is 5.08. The van der Waals surface area contributed by atoms with Crippen molar-refractivity contribution in [2.75, 3.05) is 18.4 Å². The first-order chi connectivity index (χ1) is 16.3. The molecule has 3 amide bonds. The van der Waals surface area contributed by atoms with Gasteiger partial charge in [0.25, 0.3) is 0 Å². The van der Waals surface area contributed by atoms with Crippen LogP contribution in [-0.4, -0.2) is 34.8 Å². The summed E-state index contributed by atoms with van der Waals surface area (Å²) in [6.45, 7) is 2.55. The number of nitrogens with zero attached hydrogens (tertiary/aromatic N) is 2. The van der Waals surface area contributed by atoms with E-state index in [0.29, 0.717) is 19.5 Å². The van der Waals surface area contributed by atoms with Crippen molar-refractivity contribution in [2.45, 2.75) is 32.6 Å². The van der Waals surface area contributed by atoms with Crippen LogP contribution in [0.3, 0.4) is 0 Å². The average molecular weight is 490 g/mol. The molecule has 0 spiro atoms. The largest absolute Gasteiger partial charge is 0.418 e. The summed E-state index contributed by atoms with van der Waals surface area (Å²) in [6.07, 6.45) is -4.06. The number of alkyl halides is 3. The van der Waals surface area contributed by atoms with Crippen LogP contribution in [0, 0.1) is 0 Å². The van der Waals surface area contributed by atoms with E-state index in [-0.39, 0.29) is 24.7 Å². The van der Waals surface area contributed by atoms with E-state index < -0.39 is 17.8 Å². The van der Waals surface area contributed by atoms with E-state index in [2.05, 4.69) is 5.32 Å². The van der Waals surface area contributed by atoms with Gasteiger partial charge >= 0.3 is 12.2 Å². The molecule has 1 N–H and O–H groups in total. The summed E-state index contributed by atoms with van der Waals surface area (Å²) >= 11 is 1.53. The number of urea groups is 1. The third kappa shape index (κ3) is 7.08. The molecule has 5 nitrogen and oxygen atoms in total. The van der Waals surface area contributed by atoms with E-state index in [9.17, 15) is 22.8 Å². The summed E-state index contributed by atoms with van der Waals surface area (Å²) in [4.78, 5) is 30.1. The summed E-state index contributed by atoms with van der Waals surface area (Å²) in [5, 5.41) is 4.27. The zero-order valence-corrected chi connectivity index (χ0v) is 19.5. The fraction of sp³-hybridized carbons (Fsp3) is 0.280. The molecule has 34 heavy (non-hydrogen) atoms. The number of anilines is 1. The second kappa shape index (κ2) is 11.7. The Morgan fingerprint density at radius 3 is 2.26 bits per heavy atom. The lowest BCUT2D eigenvalue weighted by molar-refractivity contribution is -0.137. The Morgan fingerprint density at radius 1 is 0.912 bits per heavy atom. The quantitative estimate of drug-likeness (QED) is 0.387. The summed E-state index contributed by atoms with van der Waals surface area (Å²) in [5.74, 6) is -0.287. The monoisotopic (exact) mass is 489 g/mol. The number of halogens is 3. The molecule has 0 radical (unpaired) electrons. The van der Waals surface area contributed by atoms with Crippen molar-refractivity contribution in [3.63, 3.8) is 0 Å². The van der Waals surface area contributed by atoms with E-state index in [1.54, 1.807) is 4.90 Å². The minimum absolute atomic E-state index is 0.226. The van der Waals surface area contributed by atoms with Crippen molar-refractivity contribution in [1.82, 2.24) is 9.80 Å². The third-order valence-corrected chi connectivity index (χ3v) is 5.94. The molecule has 0 saturated carbocycles. The molecule has 0 bridgehead atoms. The number of amides is 3. The number of nitrogens with one attached hydrogen (secondary N) is 1. The number of hydrogen-bond donors (Lipinski definition) is 1. The molecule has 2 aromatic carbocycles. The topological polar surface area (TPSA) is 52.7 Å². The molecule has 0 aliphatic carbocycles. The zero-order chi connectivity index (χ0) is 24.6. The number of thiophene rings is 1. The van der Waals surface area contributed by atoms with Gasteiger partial charge in [-0.25, -0.2) is 4.79 Å². The van der Waals surface area contributed by atoms with Gasteiger partial charge in [-0.1, -0.05) is 55.5 Å². The summed E-state index contributed by atoms with van der Waals surface area (Å²) in [5.41, 5.74) is -0.333. The molecule has 0 aliphatic rings. The molecule has 180 valence electrons. The standard InChI is InChI=1S/C25H26F3N3O2S/c1-2-14-30(24(33)29-22-13-7-6-12-21(22)25(26,27)28)18-23(32)31(17-20-11-8-15-34-20)16-19-9-4-3-5-10-19/h3-13,15H,2,14,16-18H2,1H3,(H,29,33). The lowest BCUT2D eigenvalue weighted by Crippen LogP contribution is -2.44. The van der Waals surface area contributed by atoms with Crippen LogP contribution < -0.4 is 5.32 Å². The van der Waals surface area contributed by atoms with Crippen LogP contribution in [0.25, 0.3) is 0 Å². The molecule has 0 aliphatic heterocycles. The smallest absolute Gasteiger partial charge is 0.332 e. The lowest BCUT2D eigenvalue weighted by Gasteiger charge is -2.28. The number of para-hydroxylation sites is 1. The Labute approximate surface area is 200 Å². The molecular formula is C25H26F3N3O2S. The van der Waals surface area contributed by atoms with Gasteiger partial charge in [0.2, 0.25) is 5.91 Å². The molecule has 1 heterocycles. The Bertz CT molecular complexity index is 1070. The maximum atomic E-state index is 13.3. The average Bonchev–Trinajstić information content (AvgIpc) is 3.32. The number of carbonyl (C=O) groups excluding carboxylic acids is 2. The molecule has 1 aromatic heterocycles. The molecule has 0 saturated heterocycles. The highest BCUT2D eigenvalue weighted by molar-refractivity contribution is 7.09. The van der Waals surface area contributed by atoms with Gasteiger partial charge in [-0.15, -0.1) is 11.3 Å². The Morgan fingerprint density at radius 2 is 1.62 bits per heavy atom. The van der Waals surface area contributed by atoms with Crippen LogP contribution in [0.15, 0.2) is 72.1 Å². The minimum atomic E-state index is -4.61. The number of carbonyl (C=O) groups is 2. The van der Waals surface area contributed by atoms with Crippen LogP contribution in [0.5, 0.6) is 0 Å². The van der Waals surface area contributed by atoms with Crippen molar-refractivity contribution >= 4 is 29.0 Å². The number of benzene rings is 2. The second-order valence-electron chi connectivity index (χ2n) is 7.71. The molecule has 3 rings (SSSR count). The van der Waals surface area contributed by atoms with Crippen LogP contribution in [-0.2, 0) is 24.1 Å². The fourth-order valence-corrected chi connectivity index (χ4v) is 4.17. The van der Waals surface area contributed by atoms with Gasteiger partial charge in [-0.2, -0.15) is 13.2 Å². The van der Waals surface area contributed by atoms with Gasteiger partial charge in [0.15, 0.2) is 0 Å². The van der Waals surface area contributed by atoms with Crippen LogP contribution in [0.4, 0.5) is 23.7 Å². The lowest BCUT2D eigenvalue weighted by atomic mass is 10.1.